The molecule has 0 unspecified atom stereocenters. The van der Waals surface area contributed by atoms with Crippen molar-refractivity contribution in [2.24, 2.45) is 5.92 Å². The molecule has 1 saturated carbocycles. The van der Waals surface area contributed by atoms with Crippen molar-refractivity contribution in [3.8, 4) is 0 Å². The van der Waals surface area contributed by atoms with Crippen molar-refractivity contribution in [2.75, 3.05) is 0 Å². The van der Waals surface area contributed by atoms with E-state index in [0.717, 1.165) is 5.92 Å². The van der Waals surface area contributed by atoms with Gasteiger partial charge >= 0.3 is 0 Å². The van der Waals surface area contributed by atoms with Crippen molar-refractivity contribution < 1.29 is 5.11 Å². The van der Waals surface area contributed by atoms with Gasteiger partial charge in [-0.2, -0.15) is 0 Å². The molecule has 13 heavy (non-hydrogen) atoms. The van der Waals surface area contributed by atoms with Gasteiger partial charge < -0.3 is 5.11 Å². The molecule has 1 aromatic rings. The molecule has 1 fully saturated rings. The maximum atomic E-state index is 9.25. The van der Waals surface area contributed by atoms with E-state index in [1.165, 1.54) is 12.8 Å². The van der Waals surface area contributed by atoms with Gasteiger partial charge in [0.25, 0.3) is 0 Å². The summed E-state index contributed by atoms with van der Waals surface area (Å²) in [7, 11) is 0. The van der Waals surface area contributed by atoms with Crippen LogP contribution < -0.4 is 0 Å². The van der Waals surface area contributed by atoms with Crippen molar-refractivity contribution in [2.45, 2.75) is 38.8 Å². The largest absolute Gasteiger partial charge is 0.387 e. The molecule has 2 rings (SSSR count). The first-order valence-corrected chi connectivity index (χ1v) is 4.76. The molecule has 0 bridgehead atoms. The molecule has 1 atom stereocenters. The van der Waals surface area contributed by atoms with Crippen LogP contribution in [0.3, 0.4) is 0 Å². The lowest BCUT2D eigenvalue weighted by molar-refractivity contribution is 0.192. The molecule has 1 heterocycles. The van der Waals surface area contributed by atoms with Gasteiger partial charge in [0.1, 0.15) is 5.69 Å². The van der Waals surface area contributed by atoms with Crippen molar-refractivity contribution in [1.29, 1.82) is 0 Å². The number of hydrogen-bond donors (Lipinski definition) is 1. The zero-order chi connectivity index (χ0) is 9.42. The molecule has 1 aliphatic rings. The van der Waals surface area contributed by atoms with E-state index in [4.69, 9.17) is 0 Å². The lowest BCUT2D eigenvalue weighted by atomic mass is 9.82. The maximum absolute atomic E-state index is 9.25. The number of nitrogens with zero attached hydrogens (tertiary/aromatic N) is 3. The lowest BCUT2D eigenvalue weighted by Crippen LogP contribution is -2.25. The average molecular weight is 181 g/mol. The zero-order valence-corrected chi connectivity index (χ0v) is 8.01. The Hall–Kier alpha value is -0.900. The molecule has 0 spiro atoms. The highest BCUT2D eigenvalue weighted by atomic mass is 16.3. The van der Waals surface area contributed by atoms with E-state index in [2.05, 4.69) is 17.2 Å². The summed E-state index contributed by atoms with van der Waals surface area (Å²) in [4.78, 5) is 0. The summed E-state index contributed by atoms with van der Waals surface area (Å²) in [5, 5.41) is 17.2. The van der Waals surface area contributed by atoms with Crippen LogP contribution in [0.5, 0.6) is 0 Å². The van der Waals surface area contributed by atoms with Gasteiger partial charge in [-0.1, -0.05) is 12.1 Å². The molecule has 1 aliphatic carbocycles. The molecule has 0 amide bonds. The predicted molar refractivity (Wildman–Crippen MR) is 48.1 cm³/mol. The Bertz CT molecular complexity index is 289. The Morgan fingerprint density at radius 1 is 1.62 bits per heavy atom. The molecule has 0 saturated heterocycles. The van der Waals surface area contributed by atoms with E-state index in [1.54, 1.807) is 6.92 Å². The van der Waals surface area contributed by atoms with Gasteiger partial charge in [0.05, 0.1) is 18.3 Å². The number of hydrogen-bond acceptors (Lipinski definition) is 3. The van der Waals surface area contributed by atoms with Crippen LogP contribution in [0, 0.1) is 5.92 Å². The number of rotatable bonds is 2. The molecular weight excluding hydrogens is 166 g/mol. The van der Waals surface area contributed by atoms with Gasteiger partial charge in [-0.05, 0) is 25.7 Å². The Morgan fingerprint density at radius 3 is 2.77 bits per heavy atom. The smallest absolute Gasteiger partial charge is 0.111 e. The number of aliphatic hydroxyl groups is 1. The van der Waals surface area contributed by atoms with Crippen LogP contribution in [0.4, 0.5) is 0 Å². The van der Waals surface area contributed by atoms with E-state index < -0.39 is 6.10 Å². The van der Waals surface area contributed by atoms with Crippen LogP contribution in [0.2, 0.25) is 0 Å². The normalized spacial score (nSPS) is 29.8. The third kappa shape index (κ3) is 1.58. The Kier molecular flexibility index (Phi) is 2.07. The Labute approximate surface area is 77.6 Å². The summed E-state index contributed by atoms with van der Waals surface area (Å²) >= 11 is 0. The zero-order valence-electron chi connectivity index (χ0n) is 8.01. The van der Waals surface area contributed by atoms with Crippen LogP contribution in [0.1, 0.15) is 44.5 Å². The van der Waals surface area contributed by atoms with Gasteiger partial charge in [0.15, 0.2) is 0 Å². The van der Waals surface area contributed by atoms with Crippen molar-refractivity contribution >= 4 is 0 Å². The van der Waals surface area contributed by atoms with E-state index in [1.807, 2.05) is 10.9 Å². The highest BCUT2D eigenvalue weighted by Gasteiger charge is 2.27. The van der Waals surface area contributed by atoms with Gasteiger partial charge in [-0.15, -0.1) is 5.10 Å². The summed E-state index contributed by atoms with van der Waals surface area (Å²) < 4.78 is 1.88. The molecule has 0 aliphatic heterocycles. The fourth-order valence-electron chi connectivity index (χ4n) is 1.74. The third-order valence-electron chi connectivity index (χ3n) is 2.68. The topological polar surface area (TPSA) is 50.9 Å². The molecule has 72 valence electrons. The fraction of sp³-hybridized carbons (Fsp3) is 0.778. The first-order chi connectivity index (χ1) is 6.16. The SMILES string of the molecule is CC1CC(n2cc([C@H](C)O)nn2)C1. The molecule has 0 aromatic carbocycles. The number of aliphatic hydroxyl groups excluding tert-OH is 1. The maximum Gasteiger partial charge on any atom is 0.111 e. The second kappa shape index (κ2) is 3.10. The minimum Gasteiger partial charge on any atom is -0.387 e. The van der Waals surface area contributed by atoms with Crippen LogP contribution in [0.25, 0.3) is 0 Å². The first-order valence-electron chi connectivity index (χ1n) is 4.76. The van der Waals surface area contributed by atoms with Crippen LogP contribution in [-0.4, -0.2) is 20.1 Å². The van der Waals surface area contributed by atoms with Crippen LogP contribution in [-0.2, 0) is 0 Å². The van der Waals surface area contributed by atoms with Crippen molar-refractivity contribution in [1.82, 2.24) is 15.0 Å². The van der Waals surface area contributed by atoms with Crippen molar-refractivity contribution in [3.63, 3.8) is 0 Å². The van der Waals surface area contributed by atoms with E-state index in [0.29, 0.717) is 11.7 Å². The highest BCUT2D eigenvalue weighted by Crippen LogP contribution is 2.36. The Balaban J connectivity index is 2.06. The number of aromatic nitrogens is 3. The predicted octanol–water partition coefficient (Wildman–Crippen LogP) is 1.30. The summed E-state index contributed by atoms with van der Waals surface area (Å²) in [5.41, 5.74) is 0.666. The minimum atomic E-state index is -0.508. The molecule has 0 radical (unpaired) electrons. The molecule has 4 nitrogen and oxygen atoms in total. The van der Waals surface area contributed by atoms with Crippen molar-refractivity contribution in [3.05, 3.63) is 11.9 Å². The molecule has 1 aromatic heterocycles. The van der Waals surface area contributed by atoms with Crippen LogP contribution >= 0.6 is 0 Å². The third-order valence-corrected chi connectivity index (χ3v) is 2.68. The molecular formula is C9H15N3O. The quantitative estimate of drug-likeness (QED) is 0.748. The van der Waals surface area contributed by atoms with E-state index in [9.17, 15) is 5.11 Å². The molecule has 1 N–H and O–H groups in total. The van der Waals surface area contributed by atoms with Gasteiger partial charge in [0.2, 0.25) is 0 Å². The van der Waals surface area contributed by atoms with Gasteiger partial charge in [-0.3, -0.25) is 0 Å². The Morgan fingerprint density at radius 2 is 2.31 bits per heavy atom. The molecule has 4 heteroatoms. The first kappa shape index (κ1) is 8.69. The minimum absolute atomic E-state index is 0.508. The fourth-order valence-corrected chi connectivity index (χ4v) is 1.74. The summed E-state index contributed by atoms with van der Waals surface area (Å²) in [5.74, 6) is 0.809. The second-order valence-corrected chi connectivity index (χ2v) is 4.03. The standard InChI is InChI=1S/C9H15N3O/c1-6-3-8(4-6)12-5-9(7(2)13)10-11-12/h5-8,13H,3-4H2,1-2H3/t6?,7-,8?/m0/s1. The average Bonchev–Trinajstić information content (AvgIpc) is 2.46. The highest BCUT2D eigenvalue weighted by molar-refractivity contribution is 4.97. The van der Waals surface area contributed by atoms with Gasteiger partial charge in [0, 0.05) is 0 Å². The summed E-state index contributed by atoms with van der Waals surface area (Å²) in [6.45, 7) is 3.95. The summed E-state index contributed by atoms with van der Waals surface area (Å²) in [6, 6.07) is 0.509. The summed E-state index contributed by atoms with van der Waals surface area (Å²) in [6.07, 6.45) is 3.71. The van der Waals surface area contributed by atoms with Gasteiger partial charge in [-0.25, -0.2) is 4.68 Å². The van der Waals surface area contributed by atoms with E-state index >= 15 is 0 Å². The lowest BCUT2D eigenvalue weighted by Gasteiger charge is -2.32. The monoisotopic (exact) mass is 181 g/mol. The second-order valence-electron chi connectivity index (χ2n) is 4.03. The van der Waals surface area contributed by atoms with Crippen LogP contribution in [0.15, 0.2) is 6.20 Å². The van der Waals surface area contributed by atoms with E-state index in [-0.39, 0.29) is 0 Å².